The van der Waals surface area contributed by atoms with Crippen LogP contribution < -0.4 is 9.63 Å². The summed E-state index contributed by atoms with van der Waals surface area (Å²) < 4.78 is 0.633. The van der Waals surface area contributed by atoms with Gasteiger partial charge in [0, 0.05) is 18.5 Å². The summed E-state index contributed by atoms with van der Waals surface area (Å²) in [7, 11) is 0. The van der Waals surface area contributed by atoms with Crippen LogP contribution in [0.3, 0.4) is 0 Å². The molecule has 19 heavy (non-hydrogen) atoms. The third-order valence-electron chi connectivity index (χ3n) is 4.40. The average molecular weight is 263 g/mol. The lowest BCUT2D eigenvalue weighted by molar-refractivity contribution is -0.605. The highest BCUT2D eigenvalue weighted by Gasteiger charge is 2.45. The molecule has 0 N–H and O–H groups in total. The van der Waals surface area contributed by atoms with Crippen molar-refractivity contribution in [1.82, 2.24) is 0 Å². The van der Waals surface area contributed by atoms with E-state index in [2.05, 4.69) is 0 Å². The molecule has 1 saturated heterocycles. The Morgan fingerprint density at radius 2 is 1.95 bits per heavy atom. The lowest BCUT2D eigenvalue weighted by Crippen LogP contribution is -2.57. The normalized spacial score (nSPS) is 21.2. The predicted octanol–water partition coefficient (Wildman–Crippen LogP) is 2.00. The summed E-state index contributed by atoms with van der Waals surface area (Å²) >= 11 is 0. The highest BCUT2D eigenvalue weighted by Crippen LogP contribution is 2.46. The van der Waals surface area contributed by atoms with Crippen molar-refractivity contribution in [3.8, 4) is 0 Å². The van der Waals surface area contributed by atoms with Crippen LogP contribution in [0.1, 0.15) is 32.1 Å². The highest BCUT2D eigenvalue weighted by atomic mass is 16.6. The van der Waals surface area contributed by atoms with Crippen LogP contribution in [0.5, 0.6) is 0 Å². The van der Waals surface area contributed by atoms with E-state index < -0.39 is 4.92 Å². The maximum Gasteiger partial charge on any atom is 0.304 e. The first-order chi connectivity index (χ1) is 9.10. The largest absolute Gasteiger partial charge is 0.619 e. The van der Waals surface area contributed by atoms with Crippen LogP contribution in [-0.2, 0) is 0 Å². The molecule has 2 heterocycles. The molecule has 1 spiro atoms. The Bertz CT molecular complexity index is 504. The van der Waals surface area contributed by atoms with Crippen LogP contribution in [0.2, 0.25) is 0 Å². The van der Waals surface area contributed by atoms with Crippen molar-refractivity contribution in [2.75, 3.05) is 18.0 Å². The minimum Gasteiger partial charge on any atom is -0.619 e. The second kappa shape index (κ2) is 4.36. The standard InChI is InChI=1S/C13H17N3O3/c17-15-7-4-11(16(18)19)12(8-15)14-9-13(10-14)5-2-1-3-6-13/h4,7-8H,1-3,5-6,9-10H2. The van der Waals surface area contributed by atoms with Crippen LogP contribution in [0, 0.1) is 20.7 Å². The lowest BCUT2D eigenvalue weighted by atomic mass is 9.68. The first-order valence-corrected chi connectivity index (χ1v) is 6.72. The van der Waals surface area contributed by atoms with E-state index in [1.54, 1.807) is 0 Å². The Morgan fingerprint density at radius 1 is 1.26 bits per heavy atom. The zero-order chi connectivity index (χ0) is 13.5. The van der Waals surface area contributed by atoms with E-state index in [4.69, 9.17) is 0 Å². The Hall–Kier alpha value is -1.85. The van der Waals surface area contributed by atoms with E-state index in [0.717, 1.165) is 13.1 Å². The third-order valence-corrected chi connectivity index (χ3v) is 4.40. The Kier molecular flexibility index (Phi) is 2.80. The van der Waals surface area contributed by atoms with Gasteiger partial charge in [-0.2, -0.15) is 4.73 Å². The van der Waals surface area contributed by atoms with Crippen LogP contribution in [0.15, 0.2) is 18.5 Å². The molecule has 6 nitrogen and oxygen atoms in total. The van der Waals surface area contributed by atoms with Gasteiger partial charge in [-0.25, -0.2) is 0 Å². The smallest absolute Gasteiger partial charge is 0.304 e. The molecule has 0 unspecified atom stereocenters. The van der Waals surface area contributed by atoms with Crippen molar-refractivity contribution in [3.05, 3.63) is 33.8 Å². The number of pyridine rings is 1. The molecule has 0 atom stereocenters. The monoisotopic (exact) mass is 263 g/mol. The van der Waals surface area contributed by atoms with Crippen LogP contribution >= 0.6 is 0 Å². The fraction of sp³-hybridized carbons (Fsp3) is 0.615. The van der Waals surface area contributed by atoms with Crippen molar-refractivity contribution < 1.29 is 9.65 Å². The number of nitrogens with zero attached hydrogens (tertiary/aromatic N) is 3. The van der Waals surface area contributed by atoms with E-state index >= 15 is 0 Å². The maximum absolute atomic E-state index is 11.3. The molecule has 2 fully saturated rings. The quantitative estimate of drug-likeness (QED) is 0.354. The molecule has 2 aliphatic rings. The number of rotatable bonds is 2. The molecule has 6 heteroatoms. The number of nitro groups is 1. The summed E-state index contributed by atoms with van der Waals surface area (Å²) in [6.45, 7) is 1.69. The first-order valence-electron chi connectivity index (χ1n) is 6.72. The molecule has 1 aliphatic carbocycles. The van der Waals surface area contributed by atoms with E-state index in [9.17, 15) is 15.3 Å². The van der Waals surface area contributed by atoms with Gasteiger partial charge in [-0.1, -0.05) is 19.3 Å². The summed E-state index contributed by atoms with van der Waals surface area (Å²) in [6.07, 6.45) is 8.72. The van der Waals surface area contributed by atoms with E-state index in [0.29, 0.717) is 15.8 Å². The average Bonchev–Trinajstić information content (AvgIpc) is 2.36. The van der Waals surface area contributed by atoms with E-state index in [1.165, 1.54) is 50.6 Å². The van der Waals surface area contributed by atoms with Gasteiger partial charge >= 0.3 is 5.69 Å². The molecule has 102 valence electrons. The zero-order valence-corrected chi connectivity index (χ0v) is 10.7. The Morgan fingerprint density at radius 3 is 2.58 bits per heavy atom. The summed E-state index contributed by atoms with van der Waals surface area (Å²) in [5.74, 6) is 0. The van der Waals surface area contributed by atoms with Crippen molar-refractivity contribution in [3.63, 3.8) is 0 Å². The van der Waals surface area contributed by atoms with Gasteiger partial charge in [0.25, 0.3) is 0 Å². The SMILES string of the molecule is O=[N+]([O-])c1cc[n+]([O-])cc1N1CC2(CCCCC2)C1. The molecule has 1 aromatic rings. The molecule has 0 radical (unpaired) electrons. The minimum absolute atomic E-state index is 0.0257. The van der Waals surface area contributed by atoms with Crippen molar-refractivity contribution in [2.24, 2.45) is 5.41 Å². The van der Waals surface area contributed by atoms with Crippen molar-refractivity contribution in [1.29, 1.82) is 0 Å². The van der Waals surface area contributed by atoms with Gasteiger partial charge in [0.05, 0.1) is 11.0 Å². The fourth-order valence-corrected chi connectivity index (χ4v) is 3.41. The molecule has 0 amide bonds. The zero-order valence-electron chi connectivity index (χ0n) is 10.7. The maximum atomic E-state index is 11.3. The topological polar surface area (TPSA) is 73.3 Å². The molecule has 3 rings (SSSR count). The molecular weight excluding hydrogens is 246 g/mol. The minimum atomic E-state index is -0.415. The number of hydrogen-bond donors (Lipinski definition) is 0. The van der Waals surface area contributed by atoms with Gasteiger partial charge in [-0.15, -0.1) is 0 Å². The second-order valence-corrected chi connectivity index (χ2v) is 5.75. The van der Waals surface area contributed by atoms with Gasteiger partial charge in [0.15, 0.2) is 11.9 Å². The van der Waals surface area contributed by atoms with Gasteiger partial charge in [0.1, 0.15) is 0 Å². The number of aromatic nitrogens is 1. The summed E-state index contributed by atoms with van der Waals surface area (Å²) in [6, 6.07) is 1.29. The summed E-state index contributed by atoms with van der Waals surface area (Å²) in [5, 5.41) is 22.4. The second-order valence-electron chi connectivity index (χ2n) is 5.75. The molecule has 1 aromatic heterocycles. The van der Waals surface area contributed by atoms with Gasteiger partial charge in [0.2, 0.25) is 6.20 Å². The van der Waals surface area contributed by atoms with Crippen molar-refractivity contribution in [2.45, 2.75) is 32.1 Å². The van der Waals surface area contributed by atoms with E-state index in [1.807, 2.05) is 4.90 Å². The highest BCUT2D eigenvalue weighted by molar-refractivity contribution is 5.62. The Labute approximate surface area is 111 Å². The molecule has 0 bridgehead atoms. The lowest BCUT2D eigenvalue weighted by Gasteiger charge is -2.52. The summed E-state index contributed by atoms with van der Waals surface area (Å²) in [5.41, 5.74) is 0.826. The number of anilines is 1. The van der Waals surface area contributed by atoms with Crippen LogP contribution in [0.25, 0.3) is 0 Å². The van der Waals surface area contributed by atoms with Crippen molar-refractivity contribution >= 4 is 11.4 Å². The van der Waals surface area contributed by atoms with Crippen LogP contribution in [-0.4, -0.2) is 18.0 Å². The molecular formula is C13H17N3O3. The van der Waals surface area contributed by atoms with Gasteiger partial charge in [-0.05, 0) is 12.8 Å². The van der Waals surface area contributed by atoms with Gasteiger partial charge in [-0.3, -0.25) is 10.1 Å². The third kappa shape index (κ3) is 2.11. The first kappa shape index (κ1) is 12.2. The molecule has 1 saturated carbocycles. The molecule has 1 aliphatic heterocycles. The van der Waals surface area contributed by atoms with E-state index in [-0.39, 0.29) is 5.69 Å². The number of hydrogen-bond acceptors (Lipinski definition) is 4. The fourth-order valence-electron chi connectivity index (χ4n) is 3.41. The Balaban J connectivity index is 1.81. The van der Waals surface area contributed by atoms with Crippen LogP contribution in [0.4, 0.5) is 11.4 Å². The van der Waals surface area contributed by atoms with Gasteiger partial charge < -0.3 is 10.1 Å². The predicted molar refractivity (Wildman–Crippen MR) is 69.8 cm³/mol. The molecule has 0 aromatic carbocycles. The summed E-state index contributed by atoms with van der Waals surface area (Å²) in [4.78, 5) is 12.6.